The SMILES string of the molecule is CC(C)N1CCC(CN2CC(O)CC2=O)C1. The molecule has 0 bridgehead atoms. The van der Waals surface area contributed by atoms with E-state index in [9.17, 15) is 9.90 Å². The maximum absolute atomic E-state index is 11.5. The molecule has 1 N–H and O–H groups in total. The Morgan fingerprint density at radius 1 is 1.44 bits per heavy atom. The van der Waals surface area contributed by atoms with Gasteiger partial charge in [0.15, 0.2) is 0 Å². The van der Waals surface area contributed by atoms with Gasteiger partial charge < -0.3 is 14.9 Å². The third kappa shape index (κ3) is 2.55. The van der Waals surface area contributed by atoms with Crippen LogP contribution in [0.2, 0.25) is 0 Å². The van der Waals surface area contributed by atoms with Gasteiger partial charge in [-0.3, -0.25) is 4.79 Å². The average molecular weight is 226 g/mol. The van der Waals surface area contributed by atoms with Crippen molar-refractivity contribution in [3.8, 4) is 0 Å². The maximum atomic E-state index is 11.5. The number of amides is 1. The maximum Gasteiger partial charge on any atom is 0.225 e. The summed E-state index contributed by atoms with van der Waals surface area (Å²) in [5, 5.41) is 9.41. The van der Waals surface area contributed by atoms with E-state index in [1.807, 2.05) is 4.90 Å². The number of hydrogen-bond acceptors (Lipinski definition) is 3. The quantitative estimate of drug-likeness (QED) is 0.753. The van der Waals surface area contributed by atoms with Crippen molar-refractivity contribution in [2.45, 2.75) is 38.8 Å². The lowest BCUT2D eigenvalue weighted by atomic mass is 10.1. The molecule has 92 valence electrons. The van der Waals surface area contributed by atoms with Gasteiger partial charge in [-0.05, 0) is 32.7 Å². The van der Waals surface area contributed by atoms with Crippen molar-refractivity contribution in [3.05, 3.63) is 0 Å². The summed E-state index contributed by atoms with van der Waals surface area (Å²) in [6, 6.07) is 0.602. The number of carbonyl (C=O) groups is 1. The molecule has 4 heteroatoms. The van der Waals surface area contributed by atoms with E-state index >= 15 is 0 Å². The summed E-state index contributed by atoms with van der Waals surface area (Å²) in [5.74, 6) is 0.715. The molecule has 2 fully saturated rings. The van der Waals surface area contributed by atoms with E-state index < -0.39 is 6.10 Å². The van der Waals surface area contributed by atoms with Gasteiger partial charge in [0.05, 0.1) is 12.5 Å². The zero-order valence-corrected chi connectivity index (χ0v) is 10.2. The molecule has 2 aliphatic heterocycles. The van der Waals surface area contributed by atoms with Crippen LogP contribution in [0.25, 0.3) is 0 Å². The summed E-state index contributed by atoms with van der Waals surface area (Å²) in [6.45, 7) is 8.04. The van der Waals surface area contributed by atoms with Crippen LogP contribution in [0, 0.1) is 5.92 Å². The Balaban J connectivity index is 1.81. The number of likely N-dealkylation sites (tertiary alicyclic amines) is 2. The Morgan fingerprint density at radius 2 is 2.19 bits per heavy atom. The first-order chi connectivity index (χ1) is 7.56. The fourth-order valence-corrected chi connectivity index (χ4v) is 2.72. The van der Waals surface area contributed by atoms with Crippen molar-refractivity contribution >= 4 is 5.91 Å². The Hall–Kier alpha value is -0.610. The van der Waals surface area contributed by atoms with Crippen LogP contribution < -0.4 is 0 Å². The predicted molar refractivity (Wildman–Crippen MR) is 62.0 cm³/mol. The Morgan fingerprint density at radius 3 is 2.69 bits per heavy atom. The van der Waals surface area contributed by atoms with E-state index in [-0.39, 0.29) is 5.91 Å². The largest absolute Gasteiger partial charge is 0.391 e. The zero-order valence-electron chi connectivity index (χ0n) is 10.2. The summed E-state index contributed by atoms with van der Waals surface area (Å²) in [6.07, 6.45) is 1.06. The summed E-state index contributed by atoms with van der Waals surface area (Å²) < 4.78 is 0. The highest BCUT2D eigenvalue weighted by atomic mass is 16.3. The first-order valence-electron chi connectivity index (χ1n) is 6.26. The van der Waals surface area contributed by atoms with Crippen molar-refractivity contribution < 1.29 is 9.90 Å². The highest BCUT2D eigenvalue weighted by molar-refractivity contribution is 5.79. The van der Waals surface area contributed by atoms with Crippen LogP contribution in [0.3, 0.4) is 0 Å². The minimum Gasteiger partial charge on any atom is -0.391 e. The number of aliphatic hydroxyl groups excluding tert-OH is 1. The summed E-state index contributed by atoms with van der Waals surface area (Å²) in [5.41, 5.74) is 0. The molecule has 2 aliphatic rings. The third-order valence-corrected chi connectivity index (χ3v) is 3.72. The highest BCUT2D eigenvalue weighted by Crippen LogP contribution is 2.21. The van der Waals surface area contributed by atoms with Crippen LogP contribution in [-0.2, 0) is 4.79 Å². The first-order valence-corrected chi connectivity index (χ1v) is 6.26. The number of hydrogen-bond donors (Lipinski definition) is 1. The molecule has 2 saturated heterocycles. The van der Waals surface area contributed by atoms with Crippen molar-refractivity contribution in [2.24, 2.45) is 5.92 Å². The molecule has 0 aromatic heterocycles. The molecule has 4 nitrogen and oxygen atoms in total. The Labute approximate surface area is 97.2 Å². The molecule has 0 spiro atoms. The van der Waals surface area contributed by atoms with E-state index in [0.29, 0.717) is 24.9 Å². The topological polar surface area (TPSA) is 43.8 Å². The van der Waals surface area contributed by atoms with Gasteiger partial charge in [0.2, 0.25) is 5.91 Å². The van der Waals surface area contributed by atoms with Crippen molar-refractivity contribution in [1.29, 1.82) is 0 Å². The van der Waals surface area contributed by atoms with Gasteiger partial charge in [-0.2, -0.15) is 0 Å². The molecular weight excluding hydrogens is 204 g/mol. The van der Waals surface area contributed by atoms with Gasteiger partial charge in [0.25, 0.3) is 0 Å². The second-order valence-electron chi connectivity index (χ2n) is 5.40. The molecule has 1 amide bonds. The van der Waals surface area contributed by atoms with E-state index in [2.05, 4.69) is 18.7 Å². The second-order valence-corrected chi connectivity index (χ2v) is 5.40. The number of carbonyl (C=O) groups excluding carboxylic acids is 1. The number of β-amino-alcohol motifs (C(OH)–C–C–N with tert-alkyl or cyclic N) is 1. The van der Waals surface area contributed by atoms with Crippen molar-refractivity contribution in [1.82, 2.24) is 9.80 Å². The lowest BCUT2D eigenvalue weighted by Gasteiger charge is -2.23. The summed E-state index contributed by atoms with van der Waals surface area (Å²) in [7, 11) is 0. The molecule has 0 radical (unpaired) electrons. The smallest absolute Gasteiger partial charge is 0.225 e. The summed E-state index contributed by atoms with van der Waals surface area (Å²) in [4.78, 5) is 15.8. The van der Waals surface area contributed by atoms with Crippen LogP contribution >= 0.6 is 0 Å². The lowest BCUT2D eigenvalue weighted by molar-refractivity contribution is -0.128. The molecule has 0 aliphatic carbocycles. The average Bonchev–Trinajstić information content (AvgIpc) is 2.75. The van der Waals surface area contributed by atoms with Crippen LogP contribution in [0.1, 0.15) is 26.7 Å². The van der Waals surface area contributed by atoms with Crippen molar-refractivity contribution in [2.75, 3.05) is 26.2 Å². The van der Waals surface area contributed by atoms with Gasteiger partial charge in [-0.15, -0.1) is 0 Å². The van der Waals surface area contributed by atoms with Gasteiger partial charge in [0, 0.05) is 25.7 Å². The van der Waals surface area contributed by atoms with Gasteiger partial charge in [-0.1, -0.05) is 0 Å². The third-order valence-electron chi connectivity index (χ3n) is 3.72. The predicted octanol–water partition coefficient (Wildman–Crippen LogP) is 0.310. The molecule has 0 saturated carbocycles. The summed E-state index contributed by atoms with van der Waals surface area (Å²) >= 11 is 0. The first kappa shape index (κ1) is 11.9. The molecular formula is C12H22N2O2. The van der Waals surface area contributed by atoms with E-state index in [4.69, 9.17) is 0 Å². The van der Waals surface area contributed by atoms with Gasteiger partial charge in [-0.25, -0.2) is 0 Å². The van der Waals surface area contributed by atoms with Crippen LogP contribution in [-0.4, -0.2) is 59.1 Å². The lowest BCUT2D eigenvalue weighted by Crippen LogP contribution is -2.34. The molecule has 0 aromatic rings. The molecule has 2 heterocycles. The van der Waals surface area contributed by atoms with Crippen molar-refractivity contribution in [3.63, 3.8) is 0 Å². The standard InChI is InChI=1S/C12H22N2O2/c1-9(2)13-4-3-10(6-13)7-14-8-11(15)5-12(14)16/h9-11,15H,3-8H2,1-2H3. The Bertz CT molecular complexity index is 268. The molecule has 0 aromatic carbocycles. The minimum atomic E-state index is -0.435. The van der Waals surface area contributed by atoms with Crippen LogP contribution in [0.5, 0.6) is 0 Å². The fourth-order valence-electron chi connectivity index (χ4n) is 2.72. The normalized spacial score (nSPS) is 32.0. The van der Waals surface area contributed by atoms with E-state index in [1.165, 1.54) is 6.42 Å². The second kappa shape index (κ2) is 4.72. The Kier molecular flexibility index (Phi) is 3.50. The van der Waals surface area contributed by atoms with Crippen LogP contribution in [0.15, 0.2) is 0 Å². The van der Waals surface area contributed by atoms with Gasteiger partial charge in [0.1, 0.15) is 0 Å². The zero-order chi connectivity index (χ0) is 11.7. The molecule has 2 atom stereocenters. The number of rotatable bonds is 3. The van der Waals surface area contributed by atoms with E-state index in [1.54, 1.807) is 0 Å². The van der Waals surface area contributed by atoms with E-state index in [0.717, 1.165) is 19.6 Å². The minimum absolute atomic E-state index is 0.121. The fraction of sp³-hybridized carbons (Fsp3) is 0.917. The highest BCUT2D eigenvalue weighted by Gasteiger charge is 2.32. The number of aliphatic hydroxyl groups is 1. The molecule has 2 unspecified atom stereocenters. The molecule has 16 heavy (non-hydrogen) atoms. The number of nitrogens with zero attached hydrogens (tertiary/aromatic N) is 2. The monoisotopic (exact) mass is 226 g/mol. The van der Waals surface area contributed by atoms with Crippen LogP contribution in [0.4, 0.5) is 0 Å². The molecule has 2 rings (SSSR count). The van der Waals surface area contributed by atoms with Gasteiger partial charge >= 0.3 is 0 Å².